The van der Waals surface area contributed by atoms with Crippen molar-refractivity contribution in [3.05, 3.63) is 82.2 Å². The van der Waals surface area contributed by atoms with Crippen molar-refractivity contribution in [2.75, 3.05) is 11.5 Å². The number of carbonyl (C=O) groups is 6. The third-order valence-electron chi connectivity index (χ3n) is 8.39. The number of β-lactam (4-membered cyclic amide) rings is 2. The molecule has 0 aliphatic carbocycles. The number of fused-ring (bicyclic) bond motifs is 2. The molecule has 288 valence electrons. The van der Waals surface area contributed by atoms with Gasteiger partial charge in [-0.1, -0.05) is 24.3 Å². The fourth-order valence-electron chi connectivity index (χ4n) is 5.70. The van der Waals surface area contributed by atoms with Gasteiger partial charge >= 0.3 is 11.9 Å². The Labute approximate surface area is 310 Å². The number of aliphatic carboxylic acids is 2. The molecule has 4 aliphatic heterocycles. The first kappa shape index (κ1) is 44.0. The molecule has 2 aromatic carbocycles. The Bertz CT molecular complexity index is 1690. The second kappa shape index (κ2) is 17.6. The van der Waals surface area contributed by atoms with E-state index in [-0.39, 0.29) is 39.3 Å². The van der Waals surface area contributed by atoms with Crippen molar-refractivity contribution in [1.29, 1.82) is 0 Å². The summed E-state index contributed by atoms with van der Waals surface area (Å²) in [7, 11) is 0. The summed E-state index contributed by atoms with van der Waals surface area (Å²) in [6, 6.07) is 8.19. The molecule has 19 nitrogen and oxygen atoms in total. The number of nitrogens with one attached hydrogen (secondary N) is 2. The fourth-order valence-corrected chi connectivity index (χ4v) is 8.29. The van der Waals surface area contributed by atoms with Gasteiger partial charge in [-0.3, -0.25) is 29.0 Å². The monoisotopic (exact) mass is 780 g/mol. The maximum atomic E-state index is 12.3. The lowest BCUT2D eigenvalue weighted by Gasteiger charge is -2.49. The predicted octanol–water partition coefficient (Wildman–Crippen LogP) is -2.17. The van der Waals surface area contributed by atoms with Crippen molar-refractivity contribution in [3.63, 3.8) is 0 Å². The maximum absolute atomic E-state index is 12.3. The van der Waals surface area contributed by atoms with Crippen LogP contribution in [0.25, 0.3) is 0 Å². The molecule has 4 amide bonds. The SMILES string of the molecule is CC1=C(C(=O)O)N2C(=O)[C@@H](NC(=O)[C@H](N)c3ccc(O)cc3)[C@H]2SC1.CC1=C(C(=O)O)N2C(=O)[C@@H](NC(=O)[C@H](N)c3ccc(O)cc3)[C@H]2SC1.O.O.O. The van der Waals surface area contributed by atoms with E-state index >= 15 is 0 Å². The molecule has 2 fully saturated rings. The number of amides is 4. The summed E-state index contributed by atoms with van der Waals surface area (Å²) in [6.07, 6.45) is 0. The first-order valence-electron chi connectivity index (χ1n) is 15.1. The molecule has 0 bridgehead atoms. The van der Waals surface area contributed by atoms with Crippen LogP contribution in [0.4, 0.5) is 0 Å². The molecule has 0 saturated carbocycles. The summed E-state index contributed by atoms with van der Waals surface area (Å²) < 4.78 is 0. The van der Waals surface area contributed by atoms with Gasteiger partial charge < -0.3 is 59.0 Å². The number of nitrogens with two attached hydrogens (primary N) is 2. The summed E-state index contributed by atoms with van der Waals surface area (Å²) in [5.74, 6) is -3.21. The molecule has 6 rings (SSSR count). The van der Waals surface area contributed by atoms with E-state index in [9.17, 15) is 49.2 Å². The molecule has 2 aromatic rings. The highest BCUT2D eigenvalue weighted by Gasteiger charge is 2.55. The van der Waals surface area contributed by atoms with Crippen molar-refractivity contribution >= 4 is 59.1 Å². The van der Waals surface area contributed by atoms with Gasteiger partial charge in [0.15, 0.2) is 0 Å². The number of hydrogen-bond acceptors (Lipinski definition) is 12. The Kier molecular flexibility index (Phi) is 14.6. The van der Waals surface area contributed by atoms with Gasteiger partial charge in [-0.05, 0) is 60.4 Å². The lowest BCUT2D eigenvalue weighted by molar-refractivity contribution is -0.150. The van der Waals surface area contributed by atoms with E-state index in [2.05, 4.69) is 10.6 Å². The molecular formula is C32H40N6O13S2. The fraction of sp³-hybridized carbons (Fsp3) is 0.312. The van der Waals surface area contributed by atoms with E-state index in [1.54, 1.807) is 13.8 Å². The minimum Gasteiger partial charge on any atom is -0.508 e. The average Bonchev–Trinajstić information content (AvgIpc) is 3.09. The molecule has 6 atom stereocenters. The Morgan fingerprint density at radius 1 is 0.660 bits per heavy atom. The number of carboxylic acid groups (broad SMARTS) is 2. The molecule has 0 radical (unpaired) electrons. The summed E-state index contributed by atoms with van der Waals surface area (Å²) in [5.41, 5.74) is 14.0. The molecule has 2 saturated heterocycles. The zero-order chi connectivity index (χ0) is 36.6. The van der Waals surface area contributed by atoms with Crippen molar-refractivity contribution in [2.45, 2.75) is 48.8 Å². The number of hydrogen-bond donors (Lipinski definition) is 8. The van der Waals surface area contributed by atoms with Gasteiger partial charge in [-0.2, -0.15) is 0 Å². The number of thioether (sulfide) groups is 2. The molecule has 21 heteroatoms. The van der Waals surface area contributed by atoms with Gasteiger partial charge in [-0.15, -0.1) is 23.5 Å². The number of phenolic OH excluding ortho intramolecular Hbond substituents is 2. The van der Waals surface area contributed by atoms with Gasteiger partial charge in [0.25, 0.3) is 11.8 Å². The number of carbonyl (C=O) groups excluding carboxylic acids is 4. The zero-order valence-electron chi connectivity index (χ0n) is 28.1. The minimum absolute atomic E-state index is 0. The smallest absolute Gasteiger partial charge is 0.352 e. The Hall–Kier alpha value is -5.16. The lowest BCUT2D eigenvalue weighted by Crippen LogP contribution is -2.71. The lowest BCUT2D eigenvalue weighted by atomic mass is 10.0. The summed E-state index contributed by atoms with van der Waals surface area (Å²) in [4.78, 5) is 74.4. The quantitative estimate of drug-likeness (QED) is 0.132. The number of rotatable bonds is 8. The maximum Gasteiger partial charge on any atom is 0.352 e. The summed E-state index contributed by atoms with van der Waals surface area (Å²) in [6.45, 7) is 3.35. The van der Waals surface area contributed by atoms with Crippen molar-refractivity contribution < 1.29 is 65.6 Å². The molecule has 0 aromatic heterocycles. The van der Waals surface area contributed by atoms with E-state index in [0.717, 1.165) is 0 Å². The second-order valence-corrected chi connectivity index (χ2v) is 14.0. The third kappa shape index (κ3) is 8.57. The zero-order valence-corrected chi connectivity index (χ0v) is 29.7. The first-order valence-corrected chi connectivity index (χ1v) is 17.2. The van der Waals surface area contributed by atoms with E-state index in [1.165, 1.54) is 81.9 Å². The summed E-state index contributed by atoms with van der Waals surface area (Å²) >= 11 is 2.80. The van der Waals surface area contributed by atoms with Gasteiger partial charge in [-0.25, -0.2) is 9.59 Å². The standard InChI is InChI=1S/2C16H17N3O5S.3H2O/c2*1-7-6-25-15-11(14(22)19(15)12(7)16(23)24)18-13(21)10(17)8-2-4-9(20)5-3-8;;;/h2*2-5,10-11,15,20H,6,17H2,1H3,(H,18,21)(H,23,24);3*1H2/t2*10-,11-,15-;;;/m11.../s1. The Morgan fingerprint density at radius 3 is 1.25 bits per heavy atom. The molecule has 16 N–H and O–H groups in total. The van der Waals surface area contributed by atoms with Gasteiger partial charge in [0, 0.05) is 11.5 Å². The predicted molar refractivity (Wildman–Crippen MR) is 192 cm³/mol. The molecule has 0 unspecified atom stereocenters. The van der Waals surface area contributed by atoms with Gasteiger partial charge in [0.05, 0.1) is 0 Å². The van der Waals surface area contributed by atoms with Crippen molar-refractivity contribution in [1.82, 2.24) is 20.4 Å². The normalized spacial score (nSPS) is 22.3. The van der Waals surface area contributed by atoms with Crippen LogP contribution in [0.5, 0.6) is 11.5 Å². The molecule has 4 aliphatic rings. The van der Waals surface area contributed by atoms with Gasteiger partial charge in [0.1, 0.15) is 57.8 Å². The molecular weight excluding hydrogens is 741 g/mol. The van der Waals surface area contributed by atoms with Crippen LogP contribution in [0, 0.1) is 0 Å². The van der Waals surface area contributed by atoms with Gasteiger partial charge in [0.2, 0.25) is 11.8 Å². The van der Waals surface area contributed by atoms with Crippen LogP contribution in [0.15, 0.2) is 71.1 Å². The van der Waals surface area contributed by atoms with E-state index in [4.69, 9.17) is 11.5 Å². The number of phenols is 2. The van der Waals surface area contributed by atoms with Crippen LogP contribution in [0.3, 0.4) is 0 Å². The van der Waals surface area contributed by atoms with E-state index in [1.807, 2.05) is 0 Å². The summed E-state index contributed by atoms with van der Waals surface area (Å²) in [5, 5.41) is 41.4. The first-order chi connectivity index (χ1) is 23.6. The van der Waals surface area contributed by atoms with Crippen LogP contribution in [0.1, 0.15) is 37.1 Å². The van der Waals surface area contributed by atoms with Crippen LogP contribution in [-0.2, 0) is 28.8 Å². The van der Waals surface area contributed by atoms with Crippen LogP contribution >= 0.6 is 23.5 Å². The number of carboxylic acids is 2. The average molecular weight is 781 g/mol. The molecule has 0 spiro atoms. The van der Waals surface area contributed by atoms with Crippen LogP contribution in [0.2, 0.25) is 0 Å². The van der Waals surface area contributed by atoms with Crippen molar-refractivity contribution in [3.8, 4) is 11.5 Å². The minimum atomic E-state index is -1.15. The highest BCUT2D eigenvalue weighted by Crippen LogP contribution is 2.41. The number of nitrogens with zero attached hydrogens (tertiary/aromatic N) is 2. The van der Waals surface area contributed by atoms with Crippen LogP contribution in [-0.4, -0.2) is 117 Å². The topological polar surface area (TPSA) is 360 Å². The molecule has 4 heterocycles. The molecule has 53 heavy (non-hydrogen) atoms. The second-order valence-electron chi connectivity index (χ2n) is 11.8. The third-order valence-corrected chi connectivity index (χ3v) is 11.2. The highest BCUT2D eigenvalue weighted by molar-refractivity contribution is 8.00. The van der Waals surface area contributed by atoms with E-state index in [0.29, 0.717) is 33.8 Å². The van der Waals surface area contributed by atoms with Crippen molar-refractivity contribution in [2.24, 2.45) is 11.5 Å². The number of benzene rings is 2. The van der Waals surface area contributed by atoms with E-state index < -0.39 is 70.5 Å². The largest absolute Gasteiger partial charge is 0.508 e. The Morgan fingerprint density at radius 2 is 0.962 bits per heavy atom. The van der Waals surface area contributed by atoms with Crippen LogP contribution < -0.4 is 22.1 Å². The number of aromatic hydroxyl groups is 2. The highest BCUT2D eigenvalue weighted by atomic mass is 32.2. The Balaban J connectivity index is 0.000000347.